The molecule has 51 heavy (non-hydrogen) atoms. The number of hydrogen-bond acceptors (Lipinski definition) is 13. The standard InChI is InChI=1S/C15H29NO4.C9H19NO2.C5H9NO4.C4H9NO2.2ClH/c1-11(2)7-9-19-14(17)6-5-13(16)15(18)20-10-8-12(3)4;1-4-8(10)9(11)12-6-5-7(2)3;6-3(5(9)10)1-2-4(7)8;1-2-3(5)4(6)7;;/h11-13H,5-10,16H2,1-4H3;7-8H,4-6,10H2,1-3H3;3H,1-2,6H2,(H,7,8)(H,9,10);3H,2,5H2,1H3,(H,6,7);2*1H/t13-;8-;2*3-;;/m0000../s1. The molecule has 11 N–H and O–H groups in total. The number of carbonyl (C=O) groups is 6. The number of carboxylic acids is 3. The van der Waals surface area contributed by atoms with Crippen molar-refractivity contribution >= 4 is 60.6 Å². The molecule has 0 aromatic heterocycles. The van der Waals surface area contributed by atoms with Crippen molar-refractivity contribution in [1.29, 1.82) is 0 Å². The molecular weight excluding hydrogens is 715 g/mol. The van der Waals surface area contributed by atoms with Crippen LogP contribution < -0.4 is 22.9 Å². The highest BCUT2D eigenvalue weighted by Gasteiger charge is 2.17. The van der Waals surface area contributed by atoms with Gasteiger partial charge in [0, 0.05) is 12.8 Å². The number of hydrogen-bond donors (Lipinski definition) is 7. The minimum Gasteiger partial charge on any atom is -0.481 e. The maximum Gasteiger partial charge on any atom is 0.322 e. The zero-order valence-corrected chi connectivity index (χ0v) is 33.3. The molecule has 0 saturated carbocycles. The first-order chi connectivity index (χ1) is 22.6. The molecule has 0 aliphatic rings. The Morgan fingerprint density at radius 3 is 1.12 bits per heavy atom. The van der Waals surface area contributed by atoms with E-state index in [4.69, 9.17) is 52.5 Å². The van der Waals surface area contributed by atoms with Crippen molar-refractivity contribution in [1.82, 2.24) is 0 Å². The number of carbonyl (C=O) groups excluding carboxylic acids is 3. The molecule has 18 heteroatoms. The molecule has 0 aliphatic carbocycles. The monoisotopic (exact) mass is 782 g/mol. The number of rotatable bonds is 21. The maximum absolute atomic E-state index is 11.5. The Labute approximate surface area is 316 Å². The molecule has 306 valence electrons. The quantitative estimate of drug-likeness (QED) is 0.0647. The molecule has 0 bridgehead atoms. The summed E-state index contributed by atoms with van der Waals surface area (Å²) in [4.78, 5) is 63.7. The molecular formula is C33H68Cl2N4O12. The first-order valence-electron chi connectivity index (χ1n) is 16.8. The summed E-state index contributed by atoms with van der Waals surface area (Å²) in [5.41, 5.74) is 21.2. The molecule has 0 amide bonds. The fourth-order valence-electron chi connectivity index (χ4n) is 2.62. The van der Waals surface area contributed by atoms with Crippen LogP contribution in [0.5, 0.6) is 0 Å². The van der Waals surface area contributed by atoms with E-state index in [1.54, 1.807) is 6.92 Å². The van der Waals surface area contributed by atoms with Crippen molar-refractivity contribution in [3.8, 4) is 0 Å². The fourth-order valence-corrected chi connectivity index (χ4v) is 2.62. The summed E-state index contributed by atoms with van der Waals surface area (Å²) >= 11 is 0. The van der Waals surface area contributed by atoms with E-state index in [1.165, 1.54) is 0 Å². The molecule has 0 saturated heterocycles. The van der Waals surface area contributed by atoms with Crippen LogP contribution in [0.1, 0.15) is 113 Å². The lowest BCUT2D eigenvalue weighted by molar-refractivity contribution is -0.148. The summed E-state index contributed by atoms with van der Waals surface area (Å²) in [5, 5.41) is 24.3. The van der Waals surface area contributed by atoms with Crippen LogP contribution in [0.3, 0.4) is 0 Å². The van der Waals surface area contributed by atoms with E-state index in [9.17, 15) is 28.8 Å². The van der Waals surface area contributed by atoms with Crippen LogP contribution in [0.25, 0.3) is 0 Å². The van der Waals surface area contributed by atoms with Gasteiger partial charge in [0.15, 0.2) is 0 Å². The summed E-state index contributed by atoms with van der Waals surface area (Å²) < 4.78 is 15.0. The first-order valence-corrected chi connectivity index (χ1v) is 16.8. The van der Waals surface area contributed by atoms with Crippen LogP contribution in [0, 0.1) is 17.8 Å². The number of halogens is 2. The Balaban J connectivity index is -0.000000141. The molecule has 0 aliphatic heterocycles. The van der Waals surface area contributed by atoms with Gasteiger partial charge in [-0.2, -0.15) is 0 Å². The Bertz CT molecular complexity index is 928. The minimum atomic E-state index is -1.17. The summed E-state index contributed by atoms with van der Waals surface area (Å²) in [7, 11) is 0. The van der Waals surface area contributed by atoms with Gasteiger partial charge in [-0.15, -0.1) is 24.8 Å². The zero-order chi connectivity index (χ0) is 39.1. The summed E-state index contributed by atoms with van der Waals surface area (Å²) in [6, 6.07) is -2.94. The van der Waals surface area contributed by atoms with Crippen LogP contribution in [-0.4, -0.2) is 95.1 Å². The molecule has 0 aromatic rings. The van der Waals surface area contributed by atoms with Gasteiger partial charge in [0.25, 0.3) is 0 Å². The van der Waals surface area contributed by atoms with E-state index in [0.717, 1.165) is 19.3 Å². The Morgan fingerprint density at radius 2 is 0.824 bits per heavy atom. The Kier molecular flexibility index (Phi) is 45.5. The number of carboxylic acid groups (broad SMARTS) is 3. The number of nitrogens with two attached hydrogens (primary N) is 4. The maximum atomic E-state index is 11.5. The van der Waals surface area contributed by atoms with Gasteiger partial charge in [-0.3, -0.25) is 28.8 Å². The highest BCUT2D eigenvalue weighted by Crippen LogP contribution is 2.05. The molecule has 0 heterocycles. The second-order valence-electron chi connectivity index (χ2n) is 12.5. The molecule has 0 radical (unpaired) electrons. The molecule has 0 unspecified atom stereocenters. The van der Waals surface area contributed by atoms with Crippen molar-refractivity contribution in [2.45, 2.75) is 137 Å². The summed E-state index contributed by atoms with van der Waals surface area (Å²) in [5.74, 6) is -2.61. The highest BCUT2D eigenvalue weighted by atomic mass is 35.5. The molecule has 16 nitrogen and oxygen atoms in total. The van der Waals surface area contributed by atoms with Crippen LogP contribution >= 0.6 is 24.8 Å². The molecule has 0 fully saturated rings. The zero-order valence-electron chi connectivity index (χ0n) is 31.7. The number of aliphatic carboxylic acids is 3. The Morgan fingerprint density at radius 1 is 0.490 bits per heavy atom. The van der Waals surface area contributed by atoms with Crippen molar-refractivity contribution in [3.63, 3.8) is 0 Å². The van der Waals surface area contributed by atoms with E-state index in [2.05, 4.69) is 41.5 Å². The number of esters is 3. The number of ether oxygens (including phenoxy) is 3. The van der Waals surface area contributed by atoms with Crippen molar-refractivity contribution < 1.29 is 58.3 Å². The minimum absolute atomic E-state index is 0. The average Bonchev–Trinajstić information content (AvgIpc) is 3.01. The summed E-state index contributed by atoms with van der Waals surface area (Å²) in [6.07, 6.45) is 3.89. The normalized spacial score (nSPS) is 12.3. The van der Waals surface area contributed by atoms with Gasteiger partial charge in [-0.25, -0.2) is 0 Å². The van der Waals surface area contributed by atoms with Crippen LogP contribution in [0.15, 0.2) is 0 Å². The third-order valence-corrected chi connectivity index (χ3v) is 6.29. The third-order valence-electron chi connectivity index (χ3n) is 6.29. The van der Waals surface area contributed by atoms with Gasteiger partial charge < -0.3 is 52.5 Å². The SMILES string of the molecule is CC(C)CCOC(=O)CC[C@H](N)C(=O)OCCC(C)C.CC[C@H](N)C(=O)O.CC[C@H](N)C(=O)OCCC(C)C.Cl.Cl.N[C@@H](CCC(=O)O)C(=O)O. The van der Waals surface area contributed by atoms with Gasteiger partial charge in [0.2, 0.25) is 0 Å². The predicted octanol–water partition coefficient (Wildman–Crippen LogP) is 3.50. The average molecular weight is 784 g/mol. The van der Waals surface area contributed by atoms with Crippen LogP contribution in [0.4, 0.5) is 0 Å². The summed E-state index contributed by atoms with van der Waals surface area (Å²) in [6.45, 7) is 17.3. The van der Waals surface area contributed by atoms with Crippen molar-refractivity contribution in [3.05, 3.63) is 0 Å². The van der Waals surface area contributed by atoms with Gasteiger partial charge in [-0.05, 0) is 62.7 Å². The van der Waals surface area contributed by atoms with Gasteiger partial charge in [0.1, 0.15) is 24.2 Å². The topological polar surface area (TPSA) is 295 Å². The smallest absolute Gasteiger partial charge is 0.322 e. The van der Waals surface area contributed by atoms with Gasteiger partial charge in [-0.1, -0.05) is 55.4 Å². The fraction of sp³-hybridized carbons (Fsp3) is 0.818. The molecule has 0 aromatic carbocycles. The van der Waals surface area contributed by atoms with E-state index >= 15 is 0 Å². The van der Waals surface area contributed by atoms with Crippen LogP contribution in [-0.2, 0) is 43.0 Å². The third kappa shape index (κ3) is 47.2. The predicted molar refractivity (Wildman–Crippen MR) is 200 cm³/mol. The first kappa shape index (κ1) is 60.3. The highest BCUT2D eigenvalue weighted by molar-refractivity contribution is 5.85. The van der Waals surface area contributed by atoms with Crippen molar-refractivity contribution in [2.75, 3.05) is 19.8 Å². The van der Waals surface area contributed by atoms with Gasteiger partial charge in [0.05, 0.1) is 19.8 Å². The van der Waals surface area contributed by atoms with E-state index < -0.39 is 48.0 Å². The van der Waals surface area contributed by atoms with E-state index in [1.807, 2.05) is 6.92 Å². The second kappa shape index (κ2) is 38.5. The van der Waals surface area contributed by atoms with Crippen molar-refractivity contribution in [2.24, 2.45) is 40.7 Å². The lowest BCUT2D eigenvalue weighted by Crippen LogP contribution is -2.33. The van der Waals surface area contributed by atoms with E-state index in [-0.39, 0.29) is 62.4 Å². The molecule has 4 atom stereocenters. The lowest BCUT2D eigenvalue weighted by Gasteiger charge is -2.12. The molecule has 0 spiro atoms. The lowest BCUT2D eigenvalue weighted by atomic mass is 10.1. The second-order valence-corrected chi connectivity index (χ2v) is 12.5. The van der Waals surface area contributed by atoms with Gasteiger partial charge >= 0.3 is 35.8 Å². The largest absolute Gasteiger partial charge is 0.481 e. The van der Waals surface area contributed by atoms with E-state index in [0.29, 0.717) is 50.4 Å². The van der Waals surface area contributed by atoms with Crippen LogP contribution in [0.2, 0.25) is 0 Å². The molecule has 0 rings (SSSR count). The Hall–Kier alpha value is -2.76.